The summed E-state index contributed by atoms with van der Waals surface area (Å²) < 4.78 is 4.59. The van der Waals surface area contributed by atoms with Crippen LogP contribution < -0.4 is 5.32 Å². The minimum absolute atomic E-state index is 0.0875. The minimum atomic E-state index is -0.930. The lowest BCUT2D eigenvalue weighted by atomic mass is 10.2. The molecule has 21 heavy (non-hydrogen) atoms. The van der Waals surface area contributed by atoms with E-state index in [1.165, 1.54) is 7.11 Å². The van der Waals surface area contributed by atoms with Crippen molar-refractivity contribution in [3.8, 4) is 0 Å². The molecule has 1 aliphatic carbocycles. The normalized spacial score (nSPS) is 17.6. The topological polar surface area (TPSA) is 120 Å². The van der Waals surface area contributed by atoms with E-state index in [9.17, 15) is 19.2 Å². The third kappa shape index (κ3) is 5.58. The van der Waals surface area contributed by atoms with Gasteiger partial charge in [-0.1, -0.05) is 0 Å². The van der Waals surface area contributed by atoms with Gasteiger partial charge in [-0.25, -0.2) is 4.79 Å². The van der Waals surface area contributed by atoms with Crippen molar-refractivity contribution in [1.29, 1.82) is 0 Å². The van der Waals surface area contributed by atoms with Crippen LogP contribution in [0.15, 0.2) is 11.1 Å². The van der Waals surface area contributed by atoms with Crippen LogP contribution in [0.4, 0.5) is 0 Å². The monoisotopic (exact) mass is 315 g/mol. The van der Waals surface area contributed by atoms with Gasteiger partial charge in [0.25, 0.3) is 0 Å². The summed E-state index contributed by atoms with van der Waals surface area (Å²) in [6.45, 7) is 2.14. The molecule has 1 saturated heterocycles. The predicted octanol–water partition coefficient (Wildman–Crippen LogP) is 0.141. The number of carbonyl (C=O) groups excluding carboxylic acids is 3. The van der Waals surface area contributed by atoms with E-state index in [1.54, 1.807) is 6.92 Å². The van der Waals surface area contributed by atoms with Crippen molar-refractivity contribution in [2.75, 3.05) is 19.4 Å². The fourth-order valence-corrected chi connectivity index (χ4v) is 2.43. The molecule has 0 bridgehead atoms. The molecular weight excluding hydrogens is 298 g/mol. The smallest absolute Gasteiger partial charge is 0.334 e. The van der Waals surface area contributed by atoms with Crippen molar-refractivity contribution < 1.29 is 29.0 Å². The van der Waals surface area contributed by atoms with Crippen molar-refractivity contribution >= 4 is 35.4 Å². The second-order valence-electron chi connectivity index (χ2n) is 4.44. The van der Waals surface area contributed by atoms with Crippen LogP contribution in [0.5, 0.6) is 0 Å². The first-order chi connectivity index (χ1) is 9.86. The van der Waals surface area contributed by atoms with Gasteiger partial charge < -0.3 is 15.2 Å². The second kappa shape index (κ2) is 7.82. The fraction of sp³-hybridized carbons (Fsp3) is 0.538. The Labute approximate surface area is 126 Å². The quantitative estimate of drug-likeness (QED) is 0.547. The summed E-state index contributed by atoms with van der Waals surface area (Å²) in [7, 11) is 1.27. The van der Waals surface area contributed by atoms with Crippen LogP contribution in [0, 0.1) is 0 Å². The zero-order chi connectivity index (χ0) is 16.0. The molecule has 2 N–H and O–H groups in total. The van der Waals surface area contributed by atoms with E-state index in [4.69, 9.17) is 5.11 Å². The number of ether oxygens (including phenoxy) is 1. The van der Waals surface area contributed by atoms with Gasteiger partial charge in [-0.05, 0) is 13.3 Å². The molecule has 8 heteroatoms. The Kier molecular flexibility index (Phi) is 6.41. The number of carboxylic acid groups (broad SMARTS) is 1. The molecule has 7 nitrogen and oxygen atoms in total. The number of rotatable bonds is 5. The Morgan fingerprint density at radius 1 is 1.38 bits per heavy atom. The Hall–Kier alpha value is -1.83. The number of esters is 1. The van der Waals surface area contributed by atoms with E-state index < -0.39 is 17.2 Å². The summed E-state index contributed by atoms with van der Waals surface area (Å²) >= 11 is 1.13. The molecule has 116 valence electrons. The first-order valence-corrected chi connectivity index (χ1v) is 7.36. The third-order valence-corrected chi connectivity index (χ3v) is 4.04. The molecule has 0 radical (unpaired) electrons. The van der Waals surface area contributed by atoms with E-state index in [1.807, 2.05) is 0 Å². The van der Waals surface area contributed by atoms with Crippen molar-refractivity contribution in [3.63, 3.8) is 0 Å². The molecule has 0 spiro atoms. The summed E-state index contributed by atoms with van der Waals surface area (Å²) in [5, 5.41) is 10.6. The van der Waals surface area contributed by atoms with Crippen LogP contribution in [0.3, 0.4) is 0 Å². The van der Waals surface area contributed by atoms with Crippen LogP contribution in [0.1, 0.15) is 19.8 Å². The Balaban J connectivity index is 0.000000471. The Bertz CT molecular complexity index is 493. The van der Waals surface area contributed by atoms with E-state index >= 15 is 0 Å². The number of hydrogen-bond donors (Lipinski definition) is 2. The van der Waals surface area contributed by atoms with Crippen LogP contribution in [-0.2, 0) is 23.9 Å². The first kappa shape index (κ1) is 17.2. The van der Waals surface area contributed by atoms with Gasteiger partial charge in [0.1, 0.15) is 0 Å². The standard InChI is InChI=1S/C11H14O5S.C2H3NO/c1-6(10(13)14)17-5-8-7(11(15)16-2)3-4-9(8)12;4-2-1-3-2/h6H,3-5H2,1-2H3,(H,13,14);1H2,(H,3,4). The molecule has 0 aromatic heterocycles. The second-order valence-corrected chi connectivity index (χ2v) is 5.77. The predicted molar refractivity (Wildman–Crippen MR) is 75.8 cm³/mol. The molecule has 1 fully saturated rings. The van der Waals surface area contributed by atoms with Crippen LogP contribution >= 0.6 is 11.8 Å². The summed E-state index contributed by atoms with van der Waals surface area (Å²) in [6, 6.07) is 0. The van der Waals surface area contributed by atoms with E-state index in [2.05, 4.69) is 10.1 Å². The lowest BCUT2D eigenvalue weighted by Crippen LogP contribution is -2.14. The average molecular weight is 315 g/mol. The van der Waals surface area contributed by atoms with Crippen LogP contribution in [0.2, 0.25) is 0 Å². The van der Waals surface area contributed by atoms with Gasteiger partial charge in [0, 0.05) is 23.3 Å². The fourth-order valence-electron chi connectivity index (χ4n) is 1.54. The lowest BCUT2D eigenvalue weighted by Gasteiger charge is -2.07. The van der Waals surface area contributed by atoms with Crippen LogP contribution in [0.25, 0.3) is 0 Å². The average Bonchev–Trinajstić information content (AvgIpc) is 3.14. The maximum absolute atomic E-state index is 11.6. The minimum Gasteiger partial charge on any atom is -0.480 e. The highest BCUT2D eigenvalue weighted by Crippen LogP contribution is 2.28. The van der Waals surface area contributed by atoms with Crippen molar-refractivity contribution in [3.05, 3.63) is 11.1 Å². The van der Waals surface area contributed by atoms with Gasteiger partial charge >= 0.3 is 11.9 Å². The third-order valence-electron chi connectivity index (χ3n) is 2.88. The summed E-state index contributed by atoms with van der Waals surface area (Å²) in [5.74, 6) is -1.10. The van der Waals surface area contributed by atoms with Gasteiger partial charge in [0.15, 0.2) is 5.78 Å². The number of thioether (sulfide) groups is 1. The summed E-state index contributed by atoms with van der Waals surface area (Å²) in [4.78, 5) is 43.0. The largest absolute Gasteiger partial charge is 0.480 e. The van der Waals surface area contributed by atoms with Crippen LogP contribution in [-0.4, -0.2) is 53.4 Å². The lowest BCUT2D eigenvalue weighted by molar-refractivity contribution is -0.137. The molecule has 0 saturated carbocycles. The molecule has 1 atom stereocenters. The zero-order valence-electron chi connectivity index (χ0n) is 11.8. The number of amides is 1. The first-order valence-electron chi connectivity index (χ1n) is 6.31. The molecule has 2 aliphatic rings. The number of aliphatic carboxylic acids is 1. The zero-order valence-corrected chi connectivity index (χ0v) is 12.6. The summed E-state index contributed by atoms with van der Waals surface area (Å²) in [6.07, 6.45) is 0.699. The Morgan fingerprint density at radius 3 is 2.38 bits per heavy atom. The van der Waals surface area contributed by atoms with Gasteiger partial charge in [0.2, 0.25) is 5.91 Å². The molecule has 1 unspecified atom stereocenters. The number of hydrogen-bond acceptors (Lipinski definition) is 6. The van der Waals surface area contributed by atoms with Gasteiger partial charge in [-0.3, -0.25) is 14.4 Å². The van der Waals surface area contributed by atoms with Crippen molar-refractivity contribution in [2.24, 2.45) is 0 Å². The number of carboxylic acids is 1. The molecule has 0 aromatic carbocycles. The number of methoxy groups -OCH3 is 1. The molecule has 2 rings (SSSR count). The van der Waals surface area contributed by atoms with Gasteiger partial charge in [0.05, 0.1) is 18.9 Å². The maximum atomic E-state index is 11.6. The number of ketones is 1. The highest BCUT2D eigenvalue weighted by atomic mass is 32.2. The van der Waals surface area contributed by atoms with Gasteiger partial charge in [-0.2, -0.15) is 0 Å². The number of carbonyl (C=O) groups is 4. The summed E-state index contributed by atoms with van der Waals surface area (Å²) in [5.41, 5.74) is 0.803. The van der Waals surface area contributed by atoms with E-state index in [-0.39, 0.29) is 17.4 Å². The molecule has 0 aromatic rings. The molecule has 1 aliphatic heterocycles. The number of nitrogens with one attached hydrogen (secondary N) is 1. The molecule has 1 amide bonds. The highest BCUT2D eigenvalue weighted by molar-refractivity contribution is 8.00. The van der Waals surface area contributed by atoms with Crippen molar-refractivity contribution in [2.45, 2.75) is 25.0 Å². The number of Topliss-reactive ketones (excluding diaryl/α,β-unsaturated/α-hetero) is 1. The highest BCUT2D eigenvalue weighted by Gasteiger charge is 2.28. The van der Waals surface area contributed by atoms with Crippen molar-refractivity contribution in [1.82, 2.24) is 5.32 Å². The molecule has 1 heterocycles. The maximum Gasteiger partial charge on any atom is 0.334 e. The molecular formula is C13H17NO6S. The SMILES string of the molecule is COC(=O)C1=C(CSC(C)C(=O)O)C(=O)CC1.O=C1CN1. The van der Waals surface area contributed by atoms with Gasteiger partial charge in [-0.15, -0.1) is 11.8 Å². The van der Waals surface area contributed by atoms with E-state index in [0.29, 0.717) is 30.5 Å². The Morgan fingerprint density at radius 2 is 1.95 bits per heavy atom. The van der Waals surface area contributed by atoms with E-state index in [0.717, 1.165) is 11.8 Å².